The van der Waals surface area contributed by atoms with Gasteiger partial charge in [0.25, 0.3) is 0 Å². The maximum atomic E-state index is 6.20. The van der Waals surface area contributed by atoms with Gasteiger partial charge in [0, 0.05) is 12.7 Å². The van der Waals surface area contributed by atoms with Crippen LogP contribution < -0.4 is 0 Å². The zero-order valence-corrected chi connectivity index (χ0v) is 12.9. The average Bonchev–Trinajstić information content (AvgIpc) is 2.37. The summed E-state index contributed by atoms with van der Waals surface area (Å²) in [6.45, 7) is 6.15. The van der Waals surface area contributed by atoms with E-state index in [9.17, 15) is 0 Å². The molecule has 0 N–H and O–H groups in total. The second-order valence-electron chi connectivity index (χ2n) is 4.26. The molecule has 0 aliphatic carbocycles. The zero-order valence-electron chi connectivity index (χ0n) is 11.4. The van der Waals surface area contributed by atoms with Crippen molar-refractivity contribution in [3.05, 3.63) is 21.7 Å². The first-order chi connectivity index (χ1) is 8.54. The highest BCUT2D eigenvalue weighted by molar-refractivity contribution is 6.34. The van der Waals surface area contributed by atoms with Crippen LogP contribution in [0.1, 0.15) is 51.4 Å². The lowest BCUT2D eigenvalue weighted by molar-refractivity contribution is -0.0291. The number of halogens is 2. The van der Waals surface area contributed by atoms with E-state index in [1.807, 2.05) is 13.8 Å². The molecule has 1 aromatic rings. The summed E-state index contributed by atoms with van der Waals surface area (Å²) in [7, 11) is 1.66. The van der Waals surface area contributed by atoms with Gasteiger partial charge in [-0.05, 0) is 19.3 Å². The van der Waals surface area contributed by atoms with Crippen molar-refractivity contribution < 1.29 is 4.74 Å². The Kier molecular flexibility index (Phi) is 5.83. The van der Waals surface area contributed by atoms with Crippen LogP contribution in [0.5, 0.6) is 0 Å². The molecule has 0 fully saturated rings. The predicted molar refractivity (Wildman–Crippen MR) is 75.3 cm³/mol. The van der Waals surface area contributed by atoms with Crippen LogP contribution in [0.25, 0.3) is 0 Å². The summed E-state index contributed by atoms with van der Waals surface area (Å²) in [5, 5.41) is 0.880. The van der Waals surface area contributed by atoms with Crippen molar-refractivity contribution in [1.29, 1.82) is 0 Å². The molecule has 1 heterocycles. The molecule has 3 nitrogen and oxygen atoms in total. The summed E-state index contributed by atoms with van der Waals surface area (Å²) >= 11 is 12.4. The Bertz CT molecular complexity index is 375. The van der Waals surface area contributed by atoms with E-state index in [2.05, 4.69) is 16.9 Å². The molecule has 0 radical (unpaired) electrons. The average molecular weight is 291 g/mol. The van der Waals surface area contributed by atoms with E-state index in [0.717, 1.165) is 31.2 Å². The maximum absolute atomic E-state index is 6.20. The van der Waals surface area contributed by atoms with E-state index in [0.29, 0.717) is 16.1 Å². The largest absolute Gasteiger partial charge is 0.370 e. The summed E-state index contributed by atoms with van der Waals surface area (Å²) < 4.78 is 5.59. The number of aromatic nitrogens is 2. The molecule has 0 unspecified atom stereocenters. The van der Waals surface area contributed by atoms with Crippen molar-refractivity contribution in [2.45, 2.75) is 52.1 Å². The number of hydrogen-bond acceptors (Lipinski definition) is 3. The van der Waals surface area contributed by atoms with Crippen molar-refractivity contribution in [1.82, 2.24) is 9.97 Å². The van der Waals surface area contributed by atoms with Crippen molar-refractivity contribution in [3.8, 4) is 0 Å². The number of rotatable bonds is 6. The number of hydrogen-bond donors (Lipinski definition) is 0. The van der Waals surface area contributed by atoms with Gasteiger partial charge in [-0.15, -0.1) is 0 Å². The monoisotopic (exact) mass is 290 g/mol. The van der Waals surface area contributed by atoms with E-state index < -0.39 is 5.60 Å². The molecule has 1 rings (SSSR count). The van der Waals surface area contributed by atoms with Crippen molar-refractivity contribution in [3.63, 3.8) is 0 Å². The van der Waals surface area contributed by atoms with Crippen LogP contribution in [-0.2, 0) is 16.8 Å². The lowest BCUT2D eigenvalue weighted by atomic mass is 9.96. The SMILES string of the molecule is CCCc1c(Cl)nc(C(CC)(CC)OC)nc1Cl. The second-order valence-corrected chi connectivity index (χ2v) is 4.98. The minimum Gasteiger partial charge on any atom is -0.370 e. The Labute approximate surface area is 119 Å². The lowest BCUT2D eigenvalue weighted by Gasteiger charge is -2.28. The Morgan fingerprint density at radius 1 is 1.06 bits per heavy atom. The van der Waals surface area contributed by atoms with Gasteiger partial charge in [0.15, 0.2) is 5.82 Å². The van der Waals surface area contributed by atoms with Gasteiger partial charge in [0.05, 0.1) is 0 Å². The summed E-state index contributed by atoms with van der Waals surface area (Å²) in [6, 6.07) is 0. The fourth-order valence-corrected chi connectivity index (χ4v) is 2.61. The summed E-state index contributed by atoms with van der Waals surface area (Å²) in [6.07, 6.45) is 3.30. The van der Waals surface area contributed by atoms with E-state index in [1.165, 1.54) is 0 Å². The smallest absolute Gasteiger partial charge is 0.163 e. The number of methoxy groups -OCH3 is 1. The molecule has 0 amide bonds. The van der Waals surface area contributed by atoms with Crippen molar-refractivity contribution >= 4 is 23.2 Å². The summed E-state index contributed by atoms with van der Waals surface area (Å²) in [4.78, 5) is 8.76. The van der Waals surface area contributed by atoms with Crippen LogP contribution in [0, 0.1) is 0 Å². The van der Waals surface area contributed by atoms with Crippen LogP contribution in [0.2, 0.25) is 10.3 Å². The molecular weight excluding hydrogens is 271 g/mol. The quantitative estimate of drug-likeness (QED) is 0.729. The van der Waals surface area contributed by atoms with Gasteiger partial charge in [0.1, 0.15) is 15.9 Å². The highest BCUT2D eigenvalue weighted by atomic mass is 35.5. The van der Waals surface area contributed by atoms with Crippen molar-refractivity contribution in [2.24, 2.45) is 0 Å². The van der Waals surface area contributed by atoms with Crippen LogP contribution in [0.3, 0.4) is 0 Å². The highest BCUT2D eigenvalue weighted by Crippen LogP contribution is 2.33. The van der Waals surface area contributed by atoms with Crippen LogP contribution >= 0.6 is 23.2 Å². The molecule has 0 bridgehead atoms. The van der Waals surface area contributed by atoms with E-state index >= 15 is 0 Å². The molecule has 0 spiro atoms. The summed E-state index contributed by atoms with van der Waals surface area (Å²) in [5.74, 6) is 0.574. The third-order valence-electron chi connectivity index (χ3n) is 3.35. The molecule has 18 heavy (non-hydrogen) atoms. The molecule has 5 heteroatoms. The van der Waals surface area contributed by atoms with Gasteiger partial charge in [0.2, 0.25) is 0 Å². The molecular formula is C13H20Cl2N2O. The van der Waals surface area contributed by atoms with E-state index in [1.54, 1.807) is 7.11 Å². The maximum Gasteiger partial charge on any atom is 0.163 e. The standard InChI is InChI=1S/C13H20Cl2N2O/c1-5-8-9-10(14)16-12(17-11(9)15)13(6-2,7-3)18-4/h5-8H2,1-4H3. The van der Waals surface area contributed by atoms with Crippen molar-refractivity contribution in [2.75, 3.05) is 7.11 Å². The molecule has 102 valence electrons. The van der Waals surface area contributed by atoms with E-state index in [-0.39, 0.29) is 0 Å². The van der Waals surface area contributed by atoms with Crippen LogP contribution in [0.4, 0.5) is 0 Å². The molecule has 0 saturated heterocycles. The predicted octanol–water partition coefficient (Wildman–Crippen LogP) is 4.40. The normalized spacial score (nSPS) is 11.9. The zero-order chi connectivity index (χ0) is 13.8. The molecule has 1 aromatic heterocycles. The lowest BCUT2D eigenvalue weighted by Crippen LogP contribution is -2.29. The Balaban J connectivity index is 3.27. The molecule has 0 aromatic carbocycles. The minimum atomic E-state index is -0.502. The number of nitrogens with zero attached hydrogens (tertiary/aromatic N) is 2. The molecule has 0 saturated carbocycles. The number of ether oxygens (including phenoxy) is 1. The Morgan fingerprint density at radius 2 is 1.56 bits per heavy atom. The van der Waals surface area contributed by atoms with Gasteiger partial charge in [-0.1, -0.05) is 50.4 Å². The Hall–Kier alpha value is -0.380. The molecule has 0 atom stereocenters. The second kappa shape index (κ2) is 6.69. The van der Waals surface area contributed by atoms with Crippen LogP contribution in [0.15, 0.2) is 0 Å². The first-order valence-electron chi connectivity index (χ1n) is 6.32. The van der Waals surface area contributed by atoms with Gasteiger partial charge in [-0.2, -0.15) is 0 Å². The minimum absolute atomic E-state index is 0.440. The van der Waals surface area contributed by atoms with Gasteiger partial charge in [-0.25, -0.2) is 9.97 Å². The van der Waals surface area contributed by atoms with Gasteiger partial charge in [-0.3, -0.25) is 0 Å². The molecule has 0 aliphatic heterocycles. The summed E-state index contributed by atoms with van der Waals surface area (Å²) in [5.41, 5.74) is 0.319. The first-order valence-corrected chi connectivity index (χ1v) is 7.07. The first kappa shape index (κ1) is 15.7. The Morgan fingerprint density at radius 3 is 1.89 bits per heavy atom. The topological polar surface area (TPSA) is 35.0 Å². The fraction of sp³-hybridized carbons (Fsp3) is 0.692. The third kappa shape index (κ3) is 2.95. The van der Waals surface area contributed by atoms with Crippen LogP contribution in [-0.4, -0.2) is 17.1 Å². The van der Waals surface area contributed by atoms with E-state index in [4.69, 9.17) is 27.9 Å². The fourth-order valence-electron chi connectivity index (χ4n) is 2.04. The third-order valence-corrected chi connectivity index (χ3v) is 3.97. The van der Waals surface area contributed by atoms with Gasteiger partial charge >= 0.3 is 0 Å². The molecule has 0 aliphatic rings. The highest BCUT2D eigenvalue weighted by Gasteiger charge is 2.32. The van der Waals surface area contributed by atoms with Gasteiger partial charge < -0.3 is 4.74 Å².